The second kappa shape index (κ2) is 5.92. The fourth-order valence-electron chi connectivity index (χ4n) is 2.05. The predicted octanol–water partition coefficient (Wildman–Crippen LogP) is 2.48. The van der Waals surface area contributed by atoms with Crippen molar-refractivity contribution in [3.05, 3.63) is 35.0 Å². The molecule has 108 valence electrons. The average molecular weight is 277 g/mol. The lowest BCUT2D eigenvalue weighted by Crippen LogP contribution is -2.30. The first-order chi connectivity index (χ1) is 9.45. The lowest BCUT2D eigenvalue weighted by molar-refractivity contribution is -0.115. The quantitative estimate of drug-likeness (QED) is 0.877. The van der Waals surface area contributed by atoms with E-state index < -0.39 is 0 Å². The number of aryl methyl sites for hydroxylation is 3. The zero-order chi connectivity index (χ0) is 14.7. The Hall–Kier alpha value is -2.08. The van der Waals surface area contributed by atoms with Crippen LogP contribution in [0, 0.1) is 20.8 Å². The van der Waals surface area contributed by atoms with Crippen molar-refractivity contribution in [2.45, 2.75) is 33.7 Å². The van der Waals surface area contributed by atoms with Gasteiger partial charge in [-0.05, 0) is 33.8 Å². The highest BCUT2D eigenvalue weighted by atomic mass is 16.5. The normalized spacial score (nSPS) is 12.4. The van der Waals surface area contributed by atoms with Crippen LogP contribution in [0.2, 0.25) is 0 Å². The Bertz CT molecular complexity index is 601. The summed E-state index contributed by atoms with van der Waals surface area (Å²) in [6.45, 7) is 7.77. The summed E-state index contributed by atoms with van der Waals surface area (Å²) >= 11 is 0. The van der Waals surface area contributed by atoms with Gasteiger partial charge in [0.25, 0.3) is 0 Å². The fourth-order valence-corrected chi connectivity index (χ4v) is 2.05. The molecule has 0 bridgehead atoms. The van der Waals surface area contributed by atoms with Crippen molar-refractivity contribution < 1.29 is 13.7 Å². The van der Waals surface area contributed by atoms with Crippen LogP contribution in [0.4, 0.5) is 5.82 Å². The van der Waals surface area contributed by atoms with Gasteiger partial charge in [0.05, 0.1) is 6.54 Å². The Morgan fingerprint density at radius 1 is 1.30 bits per heavy atom. The molecule has 2 aromatic rings. The van der Waals surface area contributed by atoms with Crippen molar-refractivity contribution in [2.24, 2.45) is 0 Å². The van der Waals surface area contributed by atoms with Gasteiger partial charge in [-0.3, -0.25) is 4.79 Å². The van der Waals surface area contributed by atoms with E-state index in [-0.39, 0.29) is 18.5 Å². The SMILES string of the molecule is Cc1cc(NC(=O)CN[C@@H](C)c2cc(C)oc2C)no1. The first-order valence-electron chi connectivity index (χ1n) is 6.49. The summed E-state index contributed by atoms with van der Waals surface area (Å²) < 4.78 is 10.4. The van der Waals surface area contributed by atoms with Crippen LogP contribution in [0.25, 0.3) is 0 Å². The fraction of sp³-hybridized carbons (Fsp3) is 0.429. The number of rotatable bonds is 5. The third kappa shape index (κ3) is 3.48. The average Bonchev–Trinajstić information content (AvgIpc) is 2.92. The molecule has 0 saturated carbocycles. The van der Waals surface area contributed by atoms with Crippen LogP contribution < -0.4 is 10.6 Å². The molecule has 20 heavy (non-hydrogen) atoms. The maximum Gasteiger partial charge on any atom is 0.239 e. The number of anilines is 1. The van der Waals surface area contributed by atoms with Crippen molar-refractivity contribution in [3.8, 4) is 0 Å². The number of furan rings is 1. The van der Waals surface area contributed by atoms with E-state index in [2.05, 4.69) is 15.8 Å². The van der Waals surface area contributed by atoms with E-state index in [4.69, 9.17) is 8.94 Å². The monoisotopic (exact) mass is 277 g/mol. The second-order valence-corrected chi connectivity index (χ2v) is 4.84. The van der Waals surface area contributed by atoms with Gasteiger partial charge < -0.3 is 19.6 Å². The minimum atomic E-state index is -0.164. The number of carbonyl (C=O) groups is 1. The third-order valence-electron chi connectivity index (χ3n) is 3.01. The van der Waals surface area contributed by atoms with Gasteiger partial charge >= 0.3 is 0 Å². The molecule has 0 aliphatic carbocycles. The lowest BCUT2D eigenvalue weighted by atomic mass is 10.1. The highest BCUT2D eigenvalue weighted by Crippen LogP contribution is 2.20. The van der Waals surface area contributed by atoms with E-state index in [0.29, 0.717) is 11.6 Å². The van der Waals surface area contributed by atoms with Crippen LogP contribution in [0.1, 0.15) is 35.8 Å². The first-order valence-corrected chi connectivity index (χ1v) is 6.49. The van der Waals surface area contributed by atoms with Crippen molar-refractivity contribution in [1.82, 2.24) is 10.5 Å². The van der Waals surface area contributed by atoms with Gasteiger partial charge in [0.1, 0.15) is 17.3 Å². The summed E-state index contributed by atoms with van der Waals surface area (Å²) in [5.41, 5.74) is 1.06. The van der Waals surface area contributed by atoms with Crippen LogP contribution in [-0.2, 0) is 4.79 Å². The summed E-state index contributed by atoms with van der Waals surface area (Å²) in [4.78, 5) is 11.8. The number of hydrogen-bond donors (Lipinski definition) is 2. The number of nitrogens with one attached hydrogen (secondary N) is 2. The molecule has 0 unspecified atom stereocenters. The molecule has 0 spiro atoms. The molecule has 2 rings (SSSR count). The van der Waals surface area contributed by atoms with Crippen molar-refractivity contribution in [3.63, 3.8) is 0 Å². The maximum atomic E-state index is 11.8. The lowest BCUT2D eigenvalue weighted by Gasteiger charge is -2.12. The van der Waals surface area contributed by atoms with E-state index in [9.17, 15) is 4.79 Å². The predicted molar refractivity (Wildman–Crippen MR) is 74.5 cm³/mol. The van der Waals surface area contributed by atoms with Crippen LogP contribution in [-0.4, -0.2) is 17.6 Å². The zero-order valence-electron chi connectivity index (χ0n) is 12.1. The molecule has 0 aliphatic heterocycles. The van der Waals surface area contributed by atoms with E-state index >= 15 is 0 Å². The second-order valence-electron chi connectivity index (χ2n) is 4.84. The van der Waals surface area contributed by atoms with Crippen LogP contribution in [0.3, 0.4) is 0 Å². The third-order valence-corrected chi connectivity index (χ3v) is 3.01. The van der Waals surface area contributed by atoms with Gasteiger partial charge in [-0.1, -0.05) is 5.16 Å². The van der Waals surface area contributed by atoms with Crippen molar-refractivity contribution in [1.29, 1.82) is 0 Å². The summed E-state index contributed by atoms with van der Waals surface area (Å²) in [5, 5.41) is 9.52. The Balaban J connectivity index is 1.85. The molecule has 2 heterocycles. The number of nitrogens with zero attached hydrogens (tertiary/aromatic N) is 1. The molecule has 0 radical (unpaired) electrons. The molecule has 1 atom stereocenters. The summed E-state index contributed by atoms with van der Waals surface area (Å²) in [7, 11) is 0. The van der Waals surface area contributed by atoms with Gasteiger partial charge in [-0.15, -0.1) is 0 Å². The van der Waals surface area contributed by atoms with Gasteiger partial charge in [0.2, 0.25) is 5.91 Å². The topological polar surface area (TPSA) is 80.3 Å². The maximum absolute atomic E-state index is 11.8. The van der Waals surface area contributed by atoms with Crippen LogP contribution in [0.15, 0.2) is 21.1 Å². The zero-order valence-corrected chi connectivity index (χ0v) is 12.1. The molecule has 1 amide bonds. The Morgan fingerprint density at radius 2 is 2.05 bits per heavy atom. The summed E-state index contributed by atoms with van der Waals surface area (Å²) in [6.07, 6.45) is 0. The molecule has 2 N–H and O–H groups in total. The van der Waals surface area contributed by atoms with Crippen LogP contribution >= 0.6 is 0 Å². The Kier molecular flexibility index (Phi) is 4.24. The summed E-state index contributed by atoms with van der Waals surface area (Å²) in [5.74, 6) is 2.66. The van der Waals surface area contributed by atoms with E-state index in [1.165, 1.54) is 0 Å². The van der Waals surface area contributed by atoms with E-state index in [1.807, 2.05) is 26.8 Å². The minimum absolute atomic E-state index is 0.0391. The molecule has 6 heteroatoms. The molecule has 6 nitrogen and oxygen atoms in total. The van der Waals surface area contributed by atoms with Crippen molar-refractivity contribution >= 4 is 11.7 Å². The molecular weight excluding hydrogens is 258 g/mol. The number of carbonyl (C=O) groups excluding carboxylic acids is 1. The Labute approximate surface area is 117 Å². The van der Waals surface area contributed by atoms with Gasteiger partial charge in [0, 0.05) is 17.7 Å². The number of aromatic nitrogens is 1. The molecule has 0 saturated heterocycles. The van der Waals surface area contributed by atoms with Crippen molar-refractivity contribution in [2.75, 3.05) is 11.9 Å². The first kappa shape index (κ1) is 14.3. The van der Waals surface area contributed by atoms with Gasteiger partial charge in [0.15, 0.2) is 5.82 Å². The van der Waals surface area contributed by atoms with Gasteiger partial charge in [-0.25, -0.2) is 0 Å². The number of hydrogen-bond acceptors (Lipinski definition) is 5. The summed E-state index contributed by atoms with van der Waals surface area (Å²) in [6, 6.07) is 3.69. The van der Waals surface area contributed by atoms with E-state index in [1.54, 1.807) is 13.0 Å². The molecule has 0 aromatic carbocycles. The van der Waals surface area contributed by atoms with Crippen LogP contribution in [0.5, 0.6) is 0 Å². The molecule has 0 fully saturated rings. The molecule has 2 aromatic heterocycles. The molecular formula is C14H19N3O3. The number of amides is 1. The van der Waals surface area contributed by atoms with E-state index in [0.717, 1.165) is 17.1 Å². The minimum Gasteiger partial charge on any atom is -0.466 e. The Morgan fingerprint density at radius 3 is 2.60 bits per heavy atom. The standard InChI is InChI=1S/C14H19N3O3/c1-8-5-12(11(4)19-8)10(3)15-7-14(18)16-13-6-9(2)20-17-13/h5-6,10,15H,7H2,1-4H3,(H,16,17,18)/t10-/m0/s1. The highest BCUT2D eigenvalue weighted by Gasteiger charge is 2.14. The highest BCUT2D eigenvalue weighted by molar-refractivity contribution is 5.91. The largest absolute Gasteiger partial charge is 0.466 e. The van der Waals surface area contributed by atoms with Gasteiger partial charge in [-0.2, -0.15) is 0 Å². The smallest absolute Gasteiger partial charge is 0.239 e. The molecule has 0 aliphatic rings.